The van der Waals surface area contributed by atoms with E-state index in [0.717, 1.165) is 6.42 Å². The number of rotatable bonds is 7. The van der Waals surface area contributed by atoms with Crippen molar-refractivity contribution in [2.45, 2.75) is 64.3 Å². The predicted octanol–water partition coefficient (Wildman–Crippen LogP) is 1.61. The van der Waals surface area contributed by atoms with Gasteiger partial charge >= 0.3 is 12.1 Å². The molecule has 0 bridgehead atoms. The summed E-state index contributed by atoms with van der Waals surface area (Å²) in [6, 6.07) is 5.23. The molecule has 0 spiro atoms. The quantitative estimate of drug-likeness (QED) is 0.331. The van der Waals surface area contributed by atoms with Crippen LogP contribution in [0.25, 0.3) is 0 Å². The van der Waals surface area contributed by atoms with Gasteiger partial charge in [-0.1, -0.05) is 11.8 Å². The third-order valence-electron chi connectivity index (χ3n) is 5.45. The summed E-state index contributed by atoms with van der Waals surface area (Å²) in [6.45, 7) is 8.03. The number of nitrogens with one attached hydrogen (secondary N) is 2. The first kappa shape index (κ1) is 28.7. The third-order valence-corrected chi connectivity index (χ3v) is 5.45. The lowest BCUT2D eigenvalue weighted by atomic mass is 9.94. The average Bonchev–Trinajstić information content (AvgIpc) is 3.57. The molecule has 1 saturated carbocycles. The highest BCUT2D eigenvalue weighted by atomic mass is 16.6. The Balaban J connectivity index is 2.04. The summed E-state index contributed by atoms with van der Waals surface area (Å²) in [7, 11) is 1.19. The Labute approximate surface area is 211 Å². The lowest BCUT2D eigenvalue weighted by molar-refractivity contribution is -0.144. The van der Waals surface area contributed by atoms with E-state index in [1.807, 2.05) is 0 Å². The molecule has 36 heavy (non-hydrogen) atoms. The van der Waals surface area contributed by atoms with Crippen LogP contribution in [0.2, 0.25) is 0 Å². The molecule has 2 rings (SSSR count). The summed E-state index contributed by atoms with van der Waals surface area (Å²) < 4.78 is 10.1. The highest BCUT2D eigenvalue weighted by molar-refractivity contribution is 5.97. The number of carbonyl (C=O) groups is 3. The number of amides is 2. The van der Waals surface area contributed by atoms with Gasteiger partial charge in [-0.2, -0.15) is 0 Å². The van der Waals surface area contributed by atoms with Crippen molar-refractivity contribution >= 4 is 18.0 Å². The highest BCUT2D eigenvalue weighted by Crippen LogP contribution is 2.40. The number of ether oxygens (including phenoxy) is 2. The number of hydrogen-bond donors (Lipinski definition) is 4. The number of aliphatic hydroxyl groups is 2. The Bertz CT molecular complexity index is 1080. The number of methoxy groups -OCH3 is 1. The van der Waals surface area contributed by atoms with Crippen LogP contribution in [0, 0.1) is 35.5 Å². The molecule has 1 fully saturated rings. The summed E-state index contributed by atoms with van der Waals surface area (Å²) in [5.74, 6) is 10.1. The van der Waals surface area contributed by atoms with Crippen molar-refractivity contribution in [3.63, 3.8) is 0 Å². The largest absolute Gasteiger partial charge is 0.467 e. The Morgan fingerprint density at radius 2 is 1.75 bits per heavy atom. The van der Waals surface area contributed by atoms with Crippen molar-refractivity contribution in [1.82, 2.24) is 10.6 Å². The fourth-order valence-electron chi connectivity index (χ4n) is 3.38. The van der Waals surface area contributed by atoms with Crippen molar-refractivity contribution in [2.75, 3.05) is 13.7 Å². The molecule has 194 valence electrons. The van der Waals surface area contributed by atoms with Gasteiger partial charge in [0.2, 0.25) is 0 Å². The van der Waals surface area contributed by atoms with Crippen molar-refractivity contribution in [3.05, 3.63) is 35.4 Å². The van der Waals surface area contributed by atoms with Crippen molar-refractivity contribution in [1.29, 1.82) is 0 Å². The van der Waals surface area contributed by atoms with Gasteiger partial charge in [-0.25, -0.2) is 9.59 Å². The number of esters is 1. The summed E-state index contributed by atoms with van der Waals surface area (Å²) in [5.41, 5.74) is -1.03. The second kappa shape index (κ2) is 11.9. The molecule has 0 heterocycles. The lowest BCUT2D eigenvalue weighted by Gasteiger charge is -2.34. The molecule has 1 aliphatic rings. The van der Waals surface area contributed by atoms with Gasteiger partial charge in [0, 0.05) is 23.0 Å². The molecule has 1 aromatic rings. The van der Waals surface area contributed by atoms with Crippen molar-refractivity contribution in [2.24, 2.45) is 11.8 Å². The zero-order chi connectivity index (χ0) is 27.1. The third kappa shape index (κ3) is 8.60. The Hall–Kier alpha value is -3.53. The predicted molar refractivity (Wildman–Crippen MR) is 133 cm³/mol. The average molecular weight is 499 g/mol. The maximum atomic E-state index is 12.8. The van der Waals surface area contributed by atoms with E-state index in [4.69, 9.17) is 14.6 Å². The van der Waals surface area contributed by atoms with Gasteiger partial charge in [0.15, 0.2) is 0 Å². The van der Waals surface area contributed by atoms with E-state index in [1.54, 1.807) is 58.9 Å². The minimum absolute atomic E-state index is 0.000208. The minimum atomic E-state index is -1.22. The molecule has 4 atom stereocenters. The second-order valence-electron chi connectivity index (χ2n) is 10.1. The van der Waals surface area contributed by atoms with E-state index < -0.39 is 41.3 Å². The zero-order valence-corrected chi connectivity index (χ0v) is 21.5. The van der Waals surface area contributed by atoms with Crippen LogP contribution in [0.15, 0.2) is 24.3 Å². The van der Waals surface area contributed by atoms with Gasteiger partial charge in [0.05, 0.1) is 25.4 Å². The van der Waals surface area contributed by atoms with Gasteiger partial charge < -0.3 is 30.3 Å². The van der Waals surface area contributed by atoms with E-state index in [0.29, 0.717) is 5.56 Å². The van der Waals surface area contributed by atoms with Crippen LogP contribution in [0.5, 0.6) is 0 Å². The van der Waals surface area contributed by atoms with E-state index >= 15 is 0 Å². The maximum Gasteiger partial charge on any atom is 0.408 e. The first-order valence-electron chi connectivity index (χ1n) is 11.6. The molecule has 2 amide bonds. The molecule has 4 N–H and O–H groups in total. The van der Waals surface area contributed by atoms with Crippen LogP contribution in [0.1, 0.15) is 57.0 Å². The van der Waals surface area contributed by atoms with Gasteiger partial charge in [-0.15, -0.1) is 0 Å². The molecule has 1 aliphatic carbocycles. The van der Waals surface area contributed by atoms with Crippen molar-refractivity contribution in [3.8, 4) is 23.7 Å². The van der Waals surface area contributed by atoms with E-state index in [9.17, 15) is 19.5 Å². The fourth-order valence-corrected chi connectivity index (χ4v) is 3.38. The normalized spacial score (nSPS) is 18.2. The summed E-state index contributed by atoms with van der Waals surface area (Å²) in [5, 5.41) is 23.7. The van der Waals surface area contributed by atoms with Crippen LogP contribution in [-0.2, 0) is 14.3 Å². The minimum Gasteiger partial charge on any atom is -0.467 e. The smallest absolute Gasteiger partial charge is 0.408 e. The molecule has 9 nitrogen and oxygen atoms in total. The van der Waals surface area contributed by atoms with E-state index in [1.165, 1.54) is 7.11 Å². The molecule has 0 saturated heterocycles. The summed E-state index contributed by atoms with van der Waals surface area (Å²) in [4.78, 5) is 37.5. The Morgan fingerprint density at radius 3 is 2.31 bits per heavy atom. The number of benzene rings is 1. The van der Waals surface area contributed by atoms with Crippen LogP contribution in [-0.4, -0.2) is 65.2 Å². The molecular formula is C27H34N2O7. The van der Waals surface area contributed by atoms with Crippen LogP contribution in [0.4, 0.5) is 4.79 Å². The number of alkyl carbamates (subject to hydrolysis) is 1. The topological polar surface area (TPSA) is 134 Å². The van der Waals surface area contributed by atoms with Gasteiger partial charge in [-0.05, 0) is 77.1 Å². The first-order chi connectivity index (χ1) is 16.8. The summed E-state index contributed by atoms with van der Waals surface area (Å²) >= 11 is 0. The maximum absolute atomic E-state index is 12.8. The SMILES string of the molecule is COC(=O)[C@@H](NC(=O)c1ccc(C#CC#CC2C[C@H]2C(O)CO)cc1)C(C)(C)NC(=O)OC(C)(C)C. The molecule has 0 aliphatic heterocycles. The van der Waals surface area contributed by atoms with E-state index in [-0.39, 0.29) is 24.0 Å². The highest BCUT2D eigenvalue weighted by Gasteiger charge is 2.41. The molecule has 9 heteroatoms. The second-order valence-corrected chi connectivity index (χ2v) is 10.1. The molecule has 0 aromatic heterocycles. The van der Waals surface area contributed by atoms with Gasteiger partial charge in [0.1, 0.15) is 11.6 Å². The van der Waals surface area contributed by atoms with Crippen LogP contribution < -0.4 is 10.6 Å². The van der Waals surface area contributed by atoms with Crippen LogP contribution >= 0.6 is 0 Å². The standard InChI is InChI=1S/C27H34N2O7/c1-26(2,3)36-25(34)29-27(4,5)22(24(33)35-6)28-23(32)18-13-11-17(12-14-18)9-7-8-10-19-15-20(19)21(31)16-30/h11-14,19-22,30-31H,15-16H2,1-6H3,(H,28,32)(H,29,34)/t19?,20-,21?,22-/m1/s1. The van der Waals surface area contributed by atoms with Crippen LogP contribution in [0.3, 0.4) is 0 Å². The van der Waals surface area contributed by atoms with Gasteiger partial charge in [-0.3, -0.25) is 4.79 Å². The molecule has 0 radical (unpaired) electrons. The Morgan fingerprint density at radius 1 is 1.11 bits per heavy atom. The number of carbonyl (C=O) groups excluding carboxylic acids is 3. The molecule has 1 aromatic carbocycles. The van der Waals surface area contributed by atoms with E-state index in [2.05, 4.69) is 34.3 Å². The lowest BCUT2D eigenvalue weighted by Crippen LogP contribution is -2.62. The number of hydrogen-bond acceptors (Lipinski definition) is 7. The molecular weight excluding hydrogens is 464 g/mol. The van der Waals surface area contributed by atoms with Gasteiger partial charge in [0.25, 0.3) is 5.91 Å². The number of aliphatic hydroxyl groups excluding tert-OH is 2. The summed E-state index contributed by atoms with van der Waals surface area (Å²) in [6.07, 6.45) is -0.728. The molecule has 2 unspecified atom stereocenters. The van der Waals surface area contributed by atoms with Crippen molar-refractivity contribution < 1.29 is 34.1 Å². The fraction of sp³-hybridized carbons (Fsp3) is 0.519. The Kier molecular flexibility index (Phi) is 9.52. The first-order valence-corrected chi connectivity index (χ1v) is 11.6. The zero-order valence-electron chi connectivity index (χ0n) is 21.5. The monoisotopic (exact) mass is 498 g/mol.